The summed E-state index contributed by atoms with van der Waals surface area (Å²) in [5, 5.41) is 25.0. The van der Waals surface area contributed by atoms with Gasteiger partial charge in [0.2, 0.25) is 0 Å². The minimum absolute atomic E-state index is 0.0936. The molecule has 37 heavy (non-hydrogen) atoms. The predicted molar refractivity (Wildman–Crippen MR) is 142 cm³/mol. The molecule has 2 aromatic carbocycles. The smallest absolute Gasteiger partial charge is 0.268 e. The monoisotopic (exact) mass is 543 g/mol. The highest BCUT2D eigenvalue weighted by Crippen LogP contribution is 2.36. The first-order valence-electron chi connectivity index (χ1n) is 11.9. The summed E-state index contributed by atoms with van der Waals surface area (Å²) >= 11 is 6.26. The third kappa shape index (κ3) is 4.72. The van der Waals surface area contributed by atoms with Crippen LogP contribution in [0.3, 0.4) is 0 Å². The van der Waals surface area contributed by atoms with E-state index >= 15 is 0 Å². The van der Waals surface area contributed by atoms with Gasteiger partial charge in [-0.2, -0.15) is 0 Å². The first-order chi connectivity index (χ1) is 17.5. The highest BCUT2D eigenvalue weighted by molar-refractivity contribution is 7.90. The number of benzene rings is 2. The molecule has 1 fully saturated rings. The average Bonchev–Trinajstić information content (AvgIpc) is 3.23. The lowest BCUT2D eigenvalue weighted by atomic mass is 9.80. The van der Waals surface area contributed by atoms with Crippen LogP contribution in [0.4, 0.5) is 10.1 Å². The van der Waals surface area contributed by atoms with Gasteiger partial charge in [-0.25, -0.2) is 16.8 Å². The van der Waals surface area contributed by atoms with Crippen LogP contribution in [-0.2, 0) is 10.0 Å². The Hall–Kier alpha value is -2.98. The van der Waals surface area contributed by atoms with Gasteiger partial charge >= 0.3 is 0 Å². The van der Waals surface area contributed by atoms with Gasteiger partial charge in [0.15, 0.2) is 5.82 Å². The molecule has 1 saturated carbocycles. The fourth-order valence-electron chi connectivity index (χ4n) is 4.87. The van der Waals surface area contributed by atoms with Crippen molar-refractivity contribution in [3.63, 3.8) is 0 Å². The Morgan fingerprint density at radius 2 is 1.92 bits per heavy atom. The maximum atomic E-state index is 14.8. The quantitative estimate of drug-likeness (QED) is 0.323. The van der Waals surface area contributed by atoms with Gasteiger partial charge in [0.1, 0.15) is 6.10 Å². The van der Waals surface area contributed by atoms with Gasteiger partial charge in [-0.1, -0.05) is 29.3 Å². The molecule has 1 aliphatic carbocycles. The zero-order valence-electron chi connectivity index (χ0n) is 20.3. The highest BCUT2D eigenvalue weighted by Gasteiger charge is 2.40. The highest BCUT2D eigenvalue weighted by atomic mass is 35.5. The minimum Gasteiger partial charge on any atom is -0.388 e. The fourth-order valence-corrected chi connectivity index (χ4v) is 6.41. The van der Waals surface area contributed by atoms with E-state index in [1.807, 2.05) is 6.92 Å². The number of pyridine rings is 1. The van der Waals surface area contributed by atoms with Gasteiger partial charge in [0.05, 0.1) is 39.6 Å². The number of hydrogen-bond acceptors (Lipinski definition) is 6. The molecule has 0 saturated heterocycles. The standard InChI is InChI=1S/C27H27ClFN3O4S/c1-16-5-8-18(9-6-16)37(35,36)32-15-20(19-12-17(28)7-10-25(19)32)23-13-24(21(29)14-30-23)31-22-4-3-11-27(2,34)26(22)33/h5-10,12-15,22,26,33-34H,3-4,11H2,1-2H3,(H,30,31)/t22-,26?,27+/m0/s1. The number of nitrogens with one attached hydrogen (secondary N) is 1. The van der Waals surface area contributed by atoms with Crippen molar-refractivity contribution in [2.45, 2.75) is 55.8 Å². The molecular formula is C27H27ClFN3O4S. The van der Waals surface area contributed by atoms with Gasteiger partial charge in [0.25, 0.3) is 10.0 Å². The van der Waals surface area contributed by atoms with Crippen LogP contribution in [0.1, 0.15) is 31.7 Å². The van der Waals surface area contributed by atoms with Gasteiger partial charge in [0, 0.05) is 22.2 Å². The van der Waals surface area contributed by atoms with E-state index in [4.69, 9.17) is 11.6 Å². The molecule has 1 aliphatic rings. The Bertz CT molecular complexity index is 1590. The molecule has 0 amide bonds. The lowest BCUT2D eigenvalue weighted by Crippen LogP contribution is -2.53. The Labute approximate surface area is 219 Å². The molecule has 2 heterocycles. The normalized spacial score (nSPS) is 22.3. The van der Waals surface area contributed by atoms with Crippen molar-refractivity contribution >= 4 is 38.2 Å². The van der Waals surface area contributed by atoms with Crippen molar-refractivity contribution in [2.24, 2.45) is 0 Å². The van der Waals surface area contributed by atoms with Crippen LogP contribution in [0.5, 0.6) is 0 Å². The van der Waals surface area contributed by atoms with Gasteiger partial charge in [-0.3, -0.25) is 4.98 Å². The van der Waals surface area contributed by atoms with E-state index in [1.54, 1.807) is 49.4 Å². The van der Waals surface area contributed by atoms with E-state index in [0.717, 1.165) is 11.8 Å². The lowest BCUT2D eigenvalue weighted by molar-refractivity contribution is -0.0918. The summed E-state index contributed by atoms with van der Waals surface area (Å²) < 4.78 is 43.1. The number of halogens is 2. The van der Waals surface area contributed by atoms with Crippen LogP contribution in [-0.4, -0.2) is 45.3 Å². The van der Waals surface area contributed by atoms with Crippen LogP contribution in [0.15, 0.2) is 65.8 Å². The summed E-state index contributed by atoms with van der Waals surface area (Å²) in [7, 11) is -3.95. The molecule has 0 aliphatic heterocycles. The van der Waals surface area contributed by atoms with E-state index in [9.17, 15) is 23.0 Å². The summed E-state index contributed by atoms with van der Waals surface area (Å²) in [4.78, 5) is 4.36. The zero-order chi connectivity index (χ0) is 26.5. The maximum absolute atomic E-state index is 14.8. The fraction of sp³-hybridized carbons (Fsp3) is 0.296. The first kappa shape index (κ1) is 25.7. The van der Waals surface area contributed by atoms with Gasteiger partial charge in [-0.05, 0) is 69.5 Å². The number of aryl methyl sites for hydroxylation is 1. The summed E-state index contributed by atoms with van der Waals surface area (Å²) in [6.45, 7) is 3.44. The Kier molecular flexibility index (Phi) is 6.52. The van der Waals surface area contributed by atoms with Crippen molar-refractivity contribution in [2.75, 3.05) is 5.32 Å². The summed E-state index contributed by atoms with van der Waals surface area (Å²) in [6, 6.07) is 12.3. The van der Waals surface area contributed by atoms with Crippen LogP contribution < -0.4 is 5.32 Å². The number of rotatable bonds is 5. The number of aliphatic hydroxyl groups excluding tert-OH is 1. The second-order valence-electron chi connectivity index (χ2n) is 9.81. The second-order valence-corrected chi connectivity index (χ2v) is 12.1. The molecule has 2 aromatic heterocycles. The van der Waals surface area contributed by atoms with Crippen LogP contribution in [0.2, 0.25) is 5.02 Å². The molecule has 0 radical (unpaired) electrons. The van der Waals surface area contributed by atoms with Crippen molar-refractivity contribution in [3.05, 3.63) is 77.3 Å². The summed E-state index contributed by atoms with van der Waals surface area (Å²) in [5.41, 5.74) is 0.925. The first-order valence-corrected chi connectivity index (χ1v) is 13.7. The second kappa shape index (κ2) is 9.40. The molecule has 1 unspecified atom stereocenters. The van der Waals surface area contributed by atoms with Crippen LogP contribution >= 0.6 is 11.6 Å². The summed E-state index contributed by atoms with van der Waals surface area (Å²) in [6.07, 6.45) is 3.10. The predicted octanol–water partition coefficient (Wildman–Crippen LogP) is 5.12. The number of anilines is 1. The molecular weight excluding hydrogens is 517 g/mol. The van der Waals surface area contributed by atoms with E-state index in [-0.39, 0.29) is 10.6 Å². The minimum atomic E-state index is -3.95. The molecule has 0 spiro atoms. The molecule has 4 aromatic rings. The van der Waals surface area contributed by atoms with Gasteiger partial charge < -0.3 is 15.5 Å². The zero-order valence-corrected chi connectivity index (χ0v) is 21.9. The largest absolute Gasteiger partial charge is 0.388 e. The Morgan fingerprint density at radius 3 is 2.65 bits per heavy atom. The molecule has 7 nitrogen and oxygen atoms in total. The average molecular weight is 544 g/mol. The molecule has 194 valence electrons. The number of aliphatic hydroxyl groups is 2. The number of fused-ring (bicyclic) bond motifs is 1. The topological polar surface area (TPSA) is 104 Å². The van der Waals surface area contributed by atoms with E-state index in [0.29, 0.717) is 46.4 Å². The third-order valence-corrected chi connectivity index (χ3v) is 8.92. The lowest BCUT2D eigenvalue weighted by Gasteiger charge is -2.40. The number of hydrogen-bond donors (Lipinski definition) is 3. The van der Waals surface area contributed by atoms with Crippen LogP contribution in [0, 0.1) is 12.7 Å². The van der Waals surface area contributed by atoms with Crippen molar-refractivity contribution in [1.82, 2.24) is 8.96 Å². The number of aromatic nitrogens is 2. The van der Waals surface area contributed by atoms with E-state index < -0.39 is 33.6 Å². The molecule has 3 atom stereocenters. The molecule has 3 N–H and O–H groups in total. The SMILES string of the molecule is Cc1ccc(S(=O)(=O)n2cc(-c3cc(N[C@H]4CCC[C@@](C)(O)C4O)c(F)cn3)c3cc(Cl)ccc32)cc1. The molecule has 0 bridgehead atoms. The molecule has 10 heteroatoms. The van der Waals surface area contributed by atoms with Crippen molar-refractivity contribution in [3.8, 4) is 11.3 Å². The maximum Gasteiger partial charge on any atom is 0.268 e. The Balaban J connectivity index is 1.60. The third-order valence-electron chi connectivity index (χ3n) is 7.00. The van der Waals surface area contributed by atoms with Crippen molar-refractivity contribution < 1.29 is 23.0 Å². The van der Waals surface area contributed by atoms with Crippen molar-refractivity contribution in [1.29, 1.82) is 0 Å². The Morgan fingerprint density at radius 1 is 1.19 bits per heavy atom. The van der Waals surface area contributed by atoms with Crippen LogP contribution in [0.25, 0.3) is 22.2 Å². The number of nitrogens with zero attached hydrogens (tertiary/aromatic N) is 2. The van der Waals surface area contributed by atoms with E-state index in [2.05, 4.69) is 10.3 Å². The van der Waals surface area contributed by atoms with E-state index in [1.165, 1.54) is 16.2 Å². The van der Waals surface area contributed by atoms with Gasteiger partial charge in [-0.15, -0.1) is 0 Å². The molecule has 5 rings (SSSR count). The summed E-state index contributed by atoms with van der Waals surface area (Å²) in [5.74, 6) is -0.629.